The van der Waals surface area contributed by atoms with E-state index in [9.17, 15) is 4.79 Å². The Hall–Kier alpha value is -2.98. The van der Waals surface area contributed by atoms with Gasteiger partial charge >= 0.3 is 5.97 Å². The monoisotopic (exact) mass is 570 g/mol. The quantitative estimate of drug-likeness (QED) is 0.382. The number of benzene rings is 1. The number of anilines is 1. The van der Waals surface area contributed by atoms with Crippen molar-refractivity contribution in [2.75, 3.05) is 51.3 Å². The van der Waals surface area contributed by atoms with Crippen molar-refractivity contribution in [2.45, 2.75) is 25.8 Å². The van der Waals surface area contributed by atoms with Gasteiger partial charge in [0, 0.05) is 60.8 Å². The van der Waals surface area contributed by atoms with E-state index < -0.39 is 0 Å². The molecular formula is C28H32Cl2N6O3. The number of carbonyl (C=O) groups is 1. The Morgan fingerprint density at radius 1 is 1.00 bits per heavy atom. The lowest BCUT2D eigenvalue weighted by atomic mass is 9.93. The van der Waals surface area contributed by atoms with Crippen LogP contribution in [-0.2, 0) is 16.1 Å². The third-order valence-electron chi connectivity index (χ3n) is 7.05. The Morgan fingerprint density at radius 3 is 2.36 bits per heavy atom. The number of hydrogen-bond donors (Lipinski definition) is 1. The normalized spacial score (nSPS) is 16.7. The highest BCUT2D eigenvalue weighted by molar-refractivity contribution is 6.35. The number of nitrogens with one attached hydrogen (secondary N) is 1. The van der Waals surface area contributed by atoms with E-state index in [-0.39, 0.29) is 5.97 Å². The van der Waals surface area contributed by atoms with Gasteiger partial charge in [-0.25, -0.2) is 15.0 Å². The predicted molar refractivity (Wildman–Crippen MR) is 152 cm³/mol. The average Bonchev–Trinajstić information content (AvgIpc) is 2.94. The summed E-state index contributed by atoms with van der Waals surface area (Å²) in [4.78, 5) is 30.0. The number of methoxy groups -OCH3 is 1. The molecule has 4 heterocycles. The van der Waals surface area contributed by atoms with Gasteiger partial charge in [-0.3, -0.25) is 9.69 Å². The molecule has 5 rings (SSSR count). The summed E-state index contributed by atoms with van der Waals surface area (Å²) in [7, 11) is 1.44. The summed E-state index contributed by atoms with van der Waals surface area (Å²) < 4.78 is 11.0. The number of piperazine rings is 1. The Labute approximate surface area is 238 Å². The van der Waals surface area contributed by atoms with Crippen molar-refractivity contribution in [3.8, 4) is 22.9 Å². The number of pyridine rings is 1. The molecule has 206 valence electrons. The molecule has 3 aromatic rings. The number of piperidine rings is 1. The van der Waals surface area contributed by atoms with Crippen LogP contribution in [0, 0.1) is 5.92 Å². The van der Waals surface area contributed by atoms with E-state index in [1.807, 2.05) is 24.3 Å². The van der Waals surface area contributed by atoms with Crippen molar-refractivity contribution in [1.82, 2.24) is 25.2 Å². The fourth-order valence-electron chi connectivity index (χ4n) is 4.99. The van der Waals surface area contributed by atoms with Gasteiger partial charge in [0.2, 0.25) is 11.8 Å². The molecule has 0 spiro atoms. The lowest BCUT2D eigenvalue weighted by molar-refractivity contribution is -0.142. The van der Waals surface area contributed by atoms with Crippen LogP contribution in [0.1, 0.15) is 24.8 Å². The fraction of sp³-hybridized carbons (Fsp3) is 0.429. The molecule has 9 nitrogen and oxygen atoms in total. The molecular weight excluding hydrogens is 539 g/mol. The summed E-state index contributed by atoms with van der Waals surface area (Å²) >= 11 is 12.6. The molecule has 0 aliphatic carbocycles. The maximum absolute atomic E-state index is 11.7. The van der Waals surface area contributed by atoms with E-state index >= 15 is 0 Å². The van der Waals surface area contributed by atoms with E-state index in [2.05, 4.69) is 25.1 Å². The Morgan fingerprint density at radius 2 is 1.69 bits per heavy atom. The lowest BCUT2D eigenvalue weighted by Crippen LogP contribution is -2.44. The molecule has 0 radical (unpaired) electrons. The van der Waals surface area contributed by atoms with Crippen LogP contribution in [0.25, 0.3) is 11.3 Å². The minimum Gasteiger partial charge on any atom is -0.469 e. The predicted octanol–water partition coefficient (Wildman–Crippen LogP) is 4.82. The third-order valence-corrected chi connectivity index (χ3v) is 7.49. The number of likely N-dealkylation sites (tertiary alicyclic amines) is 1. The second-order valence-electron chi connectivity index (χ2n) is 9.91. The Balaban J connectivity index is 1.34. The molecule has 1 N–H and O–H groups in total. The molecule has 39 heavy (non-hydrogen) atoms. The Bertz CT molecular complexity index is 1260. The molecule has 0 unspecified atom stereocenters. The average molecular weight is 572 g/mol. The van der Waals surface area contributed by atoms with Gasteiger partial charge in [0.25, 0.3) is 0 Å². The van der Waals surface area contributed by atoms with Crippen molar-refractivity contribution in [2.24, 2.45) is 5.92 Å². The van der Waals surface area contributed by atoms with E-state index in [1.165, 1.54) is 7.11 Å². The van der Waals surface area contributed by atoms with Crippen LogP contribution >= 0.6 is 23.2 Å². The second-order valence-corrected chi connectivity index (χ2v) is 10.8. The molecule has 0 amide bonds. The maximum atomic E-state index is 11.7. The summed E-state index contributed by atoms with van der Waals surface area (Å²) in [6, 6.07) is 9.36. The topological polar surface area (TPSA) is 92.7 Å². The minimum absolute atomic E-state index is 0.140. The smallest absolute Gasteiger partial charge is 0.305 e. The molecule has 2 fully saturated rings. The number of aromatic nitrogens is 3. The first kappa shape index (κ1) is 27.6. The molecule has 0 atom stereocenters. The molecule has 2 saturated heterocycles. The summed E-state index contributed by atoms with van der Waals surface area (Å²) in [5, 5.41) is 4.41. The van der Waals surface area contributed by atoms with Crippen LogP contribution in [0.5, 0.6) is 11.6 Å². The molecule has 1 aromatic carbocycles. The molecule has 2 aromatic heterocycles. The zero-order valence-corrected chi connectivity index (χ0v) is 23.4. The fourth-order valence-corrected chi connectivity index (χ4v) is 5.52. The van der Waals surface area contributed by atoms with E-state index in [1.54, 1.807) is 18.5 Å². The number of nitrogens with zero attached hydrogens (tertiary/aromatic N) is 5. The van der Waals surface area contributed by atoms with Gasteiger partial charge in [-0.05, 0) is 61.7 Å². The number of hydrogen-bond acceptors (Lipinski definition) is 9. The number of esters is 1. The van der Waals surface area contributed by atoms with Crippen molar-refractivity contribution < 1.29 is 14.3 Å². The molecule has 11 heteroatoms. The first-order valence-electron chi connectivity index (χ1n) is 13.2. The van der Waals surface area contributed by atoms with Crippen LogP contribution in [0.4, 0.5) is 5.95 Å². The van der Waals surface area contributed by atoms with Crippen molar-refractivity contribution in [3.63, 3.8) is 0 Å². The summed E-state index contributed by atoms with van der Waals surface area (Å²) in [6.07, 6.45) is 5.75. The number of halogens is 2. The highest BCUT2D eigenvalue weighted by atomic mass is 35.5. The van der Waals surface area contributed by atoms with Crippen LogP contribution in [0.2, 0.25) is 10.0 Å². The van der Waals surface area contributed by atoms with Gasteiger partial charge in [0.1, 0.15) is 0 Å². The molecule has 2 aliphatic heterocycles. The second kappa shape index (κ2) is 12.9. The highest BCUT2D eigenvalue weighted by Crippen LogP contribution is 2.31. The van der Waals surface area contributed by atoms with E-state index in [0.29, 0.717) is 45.7 Å². The highest BCUT2D eigenvalue weighted by Gasteiger charge is 2.22. The number of ether oxygens (including phenoxy) is 2. The summed E-state index contributed by atoms with van der Waals surface area (Å²) in [5.74, 6) is 1.86. The van der Waals surface area contributed by atoms with Gasteiger partial charge in [-0.15, -0.1) is 0 Å². The SMILES string of the molecule is COC(=O)CC1CCN(Cc2cc(Oc3cnc(N4CCNCC4)nc3)nc(-c3cc(Cl)cc(Cl)c3)c2)CC1. The minimum atomic E-state index is -0.140. The molecule has 0 saturated carbocycles. The first-order chi connectivity index (χ1) is 18.9. The standard InChI is InChI=1S/C28H32Cl2N6O3/c1-38-27(37)12-19-2-6-35(7-3-19)18-20-10-25(21-13-22(29)15-23(30)14-21)34-26(11-20)39-24-16-32-28(33-17-24)36-8-4-31-5-9-36/h10-11,13-17,19,31H,2-9,12,18H2,1H3. The van der Waals surface area contributed by atoms with Crippen LogP contribution in [0.3, 0.4) is 0 Å². The van der Waals surface area contributed by atoms with Gasteiger partial charge in [0.05, 0.1) is 25.2 Å². The lowest BCUT2D eigenvalue weighted by Gasteiger charge is -2.31. The first-order valence-corrected chi connectivity index (χ1v) is 13.9. The number of carbonyl (C=O) groups excluding carboxylic acids is 1. The number of rotatable bonds is 8. The zero-order chi connectivity index (χ0) is 27.2. The van der Waals surface area contributed by atoms with E-state index in [0.717, 1.165) is 69.8 Å². The van der Waals surface area contributed by atoms with Gasteiger partial charge < -0.3 is 19.7 Å². The van der Waals surface area contributed by atoms with E-state index in [4.69, 9.17) is 37.7 Å². The van der Waals surface area contributed by atoms with Crippen molar-refractivity contribution in [1.29, 1.82) is 0 Å². The van der Waals surface area contributed by atoms with Crippen LogP contribution in [0.15, 0.2) is 42.7 Å². The summed E-state index contributed by atoms with van der Waals surface area (Å²) in [6.45, 7) is 6.10. The van der Waals surface area contributed by atoms with Crippen molar-refractivity contribution >= 4 is 35.1 Å². The zero-order valence-electron chi connectivity index (χ0n) is 21.9. The van der Waals surface area contributed by atoms with Crippen LogP contribution in [-0.4, -0.2) is 72.2 Å². The molecule has 2 aliphatic rings. The maximum Gasteiger partial charge on any atom is 0.305 e. The van der Waals surface area contributed by atoms with Gasteiger partial charge in [-0.1, -0.05) is 23.2 Å². The van der Waals surface area contributed by atoms with Gasteiger partial charge in [0.15, 0.2) is 5.75 Å². The Kier molecular flexibility index (Phi) is 9.13. The van der Waals surface area contributed by atoms with Crippen LogP contribution < -0.4 is 15.0 Å². The van der Waals surface area contributed by atoms with Gasteiger partial charge in [-0.2, -0.15) is 0 Å². The largest absolute Gasteiger partial charge is 0.469 e. The summed E-state index contributed by atoms with van der Waals surface area (Å²) in [5.41, 5.74) is 2.57. The third kappa shape index (κ3) is 7.57. The van der Waals surface area contributed by atoms with Crippen molar-refractivity contribution in [3.05, 3.63) is 58.3 Å². The molecule has 0 bridgehead atoms.